The molecule has 0 aliphatic carbocycles. The van der Waals surface area contributed by atoms with Gasteiger partial charge in [0.05, 0.1) is 20.6 Å². The first-order valence-electron chi connectivity index (χ1n) is 8.17. The largest absolute Gasteiger partial charge is 0.462 e. The van der Waals surface area contributed by atoms with E-state index >= 15 is 0 Å². The van der Waals surface area contributed by atoms with Gasteiger partial charge in [0.2, 0.25) is 0 Å². The van der Waals surface area contributed by atoms with Gasteiger partial charge in [0.15, 0.2) is 0 Å². The first kappa shape index (κ1) is 17.2. The van der Waals surface area contributed by atoms with Crippen molar-refractivity contribution >= 4 is 5.97 Å². The maximum atomic E-state index is 12.8. The second-order valence-corrected chi connectivity index (χ2v) is 6.25. The first-order valence-corrected chi connectivity index (χ1v) is 8.17. The van der Waals surface area contributed by atoms with Crippen LogP contribution < -0.4 is 4.90 Å². The molecule has 23 heavy (non-hydrogen) atoms. The third-order valence-electron chi connectivity index (χ3n) is 3.87. The summed E-state index contributed by atoms with van der Waals surface area (Å²) in [5.74, 6) is -0.546. The molecule has 0 fully saturated rings. The highest BCUT2D eigenvalue weighted by Crippen LogP contribution is 2.26. The predicted octanol–water partition coefficient (Wildman–Crippen LogP) is 2.28. The molecule has 0 radical (unpaired) electrons. The summed E-state index contributed by atoms with van der Waals surface area (Å²) in [5, 5.41) is 0. The first-order chi connectivity index (χ1) is 11.1. The highest BCUT2D eigenvalue weighted by atomic mass is 16.5. The van der Waals surface area contributed by atoms with Crippen molar-refractivity contribution < 1.29 is 14.4 Å². The number of carbonyl (C=O) groups is 1. The van der Waals surface area contributed by atoms with Crippen molar-refractivity contribution in [2.24, 2.45) is 0 Å². The number of hydrogen-bond acceptors (Lipinski definition) is 2. The van der Waals surface area contributed by atoms with Gasteiger partial charge < -0.3 is 9.64 Å². The van der Waals surface area contributed by atoms with E-state index in [1.165, 1.54) is 4.90 Å². The zero-order chi connectivity index (χ0) is 16.7. The van der Waals surface area contributed by atoms with Crippen molar-refractivity contribution in [3.8, 4) is 0 Å². The zero-order valence-electron chi connectivity index (χ0n) is 14.2. The number of hydrogen-bond donors (Lipinski definition) is 1. The Morgan fingerprint density at radius 3 is 1.87 bits per heavy atom. The summed E-state index contributed by atoms with van der Waals surface area (Å²) in [6, 6.07) is 19.7. The Labute approximate surface area is 138 Å². The molecule has 3 nitrogen and oxygen atoms in total. The van der Waals surface area contributed by atoms with Crippen LogP contribution in [0.1, 0.15) is 30.4 Å². The fraction of sp³-hybridized carbons (Fsp3) is 0.350. The van der Waals surface area contributed by atoms with Gasteiger partial charge in [-0.15, -0.1) is 0 Å². The van der Waals surface area contributed by atoms with Crippen molar-refractivity contribution in [1.82, 2.24) is 0 Å². The molecule has 122 valence electrons. The Morgan fingerprint density at radius 2 is 1.43 bits per heavy atom. The molecule has 2 rings (SSSR count). The lowest BCUT2D eigenvalue weighted by Crippen LogP contribution is -3.05. The van der Waals surface area contributed by atoms with Gasteiger partial charge in [-0.05, 0) is 18.1 Å². The predicted molar refractivity (Wildman–Crippen MR) is 92.6 cm³/mol. The Balaban J connectivity index is 2.16. The average Bonchev–Trinajstić information content (AvgIpc) is 2.55. The minimum Gasteiger partial charge on any atom is -0.462 e. The smallest absolute Gasteiger partial charge is 0.318 e. The molecule has 0 spiro atoms. The van der Waals surface area contributed by atoms with Crippen LogP contribution >= 0.6 is 0 Å². The number of quaternary nitrogens is 1. The molecule has 0 saturated carbocycles. The Morgan fingerprint density at radius 1 is 0.957 bits per heavy atom. The quantitative estimate of drug-likeness (QED) is 0.795. The standard InChI is InChI=1S/C20H25NO2/c1-16(14-15-21(2)3)23-20(22)19(17-10-6-4-7-11-17)18-12-8-5-9-13-18/h4-13,16,19H,14-15H2,1-3H3/p+1. The number of ether oxygens (including phenoxy) is 1. The minimum atomic E-state index is -0.369. The molecule has 1 N–H and O–H groups in total. The summed E-state index contributed by atoms with van der Waals surface area (Å²) in [6.07, 6.45) is 0.789. The summed E-state index contributed by atoms with van der Waals surface area (Å²) in [4.78, 5) is 14.1. The van der Waals surface area contributed by atoms with Crippen LogP contribution in [0.3, 0.4) is 0 Å². The molecule has 1 atom stereocenters. The highest BCUT2D eigenvalue weighted by molar-refractivity contribution is 5.82. The van der Waals surface area contributed by atoms with Gasteiger partial charge in [-0.3, -0.25) is 4.79 Å². The van der Waals surface area contributed by atoms with E-state index in [-0.39, 0.29) is 18.0 Å². The number of rotatable bonds is 7. The number of carbonyl (C=O) groups excluding carboxylic acids is 1. The molecule has 0 aliphatic heterocycles. The monoisotopic (exact) mass is 312 g/mol. The molecule has 0 bridgehead atoms. The minimum absolute atomic E-state index is 0.0766. The van der Waals surface area contributed by atoms with Gasteiger partial charge in [0.25, 0.3) is 0 Å². The summed E-state index contributed by atoms with van der Waals surface area (Å²) in [7, 11) is 4.20. The van der Waals surface area contributed by atoms with Gasteiger partial charge in [-0.2, -0.15) is 0 Å². The third-order valence-corrected chi connectivity index (χ3v) is 3.87. The maximum absolute atomic E-state index is 12.8. The Bertz CT molecular complexity index is 556. The van der Waals surface area contributed by atoms with Crippen molar-refractivity contribution in [1.29, 1.82) is 0 Å². The lowest BCUT2D eigenvalue weighted by Gasteiger charge is -2.20. The van der Waals surface area contributed by atoms with Crippen LogP contribution in [-0.4, -0.2) is 32.7 Å². The van der Waals surface area contributed by atoms with Crippen molar-refractivity contribution in [3.05, 3.63) is 71.8 Å². The molecular weight excluding hydrogens is 286 g/mol. The number of nitrogens with one attached hydrogen (secondary N) is 1. The van der Waals surface area contributed by atoms with Crippen LogP contribution in [0.25, 0.3) is 0 Å². The van der Waals surface area contributed by atoms with E-state index < -0.39 is 0 Å². The molecule has 1 unspecified atom stereocenters. The van der Waals surface area contributed by atoms with Crippen LogP contribution in [0.4, 0.5) is 0 Å². The molecule has 0 heterocycles. The second kappa shape index (κ2) is 8.49. The Kier molecular flexibility index (Phi) is 6.36. The maximum Gasteiger partial charge on any atom is 0.318 e. The van der Waals surface area contributed by atoms with E-state index in [1.54, 1.807) is 0 Å². The fourth-order valence-electron chi connectivity index (χ4n) is 2.57. The van der Waals surface area contributed by atoms with Crippen LogP contribution in [0.2, 0.25) is 0 Å². The fourth-order valence-corrected chi connectivity index (χ4v) is 2.57. The lowest BCUT2D eigenvalue weighted by atomic mass is 9.91. The average molecular weight is 312 g/mol. The van der Waals surface area contributed by atoms with Crippen LogP contribution in [0.5, 0.6) is 0 Å². The van der Waals surface area contributed by atoms with Crippen molar-refractivity contribution in [2.75, 3.05) is 20.6 Å². The molecule has 0 saturated heterocycles. The lowest BCUT2D eigenvalue weighted by molar-refractivity contribution is -0.858. The van der Waals surface area contributed by atoms with E-state index in [9.17, 15) is 4.79 Å². The van der Waals surface area contributed by atoms with Gasteiger partial charge in [-0.1, -0.05) is 60.7 Å². The van der Waals surface area contributed by atoms with Crippen LogP contribution in [0.15, 0.2) is 60.7 Å². The topological polar surface area (TPSA) is 30.7 Å². The van der Waals surface area contributed by atoms with E-state index in [0.29, 0.717) is 0 Å². The van der Waals surface area contributed by atoms with E-state index in [0.717, 1.165) is 24.1 Å². The third kappa shape index (κ3) is 5.22. The number of benzene rings is 2. The van der Waals surface area contributed by atoms with Crippen molar-refractivity contribution in [3.63, 3.8) is 0 Å². The summed E-state index contributed by atoms with van der Waals surface area (Å²) in [5.41, 5.74) is 1.93. The molecule has 2 aromatic carbocycles. The van der Waals surface area contributed by atoms with Gasteiger partial charge in [0.1, 0.15) is 12.0 Å². The Hall–Kier alpha value is -2.13. The molecule has 2 aromatic rings. The molecule has 0 aliphatic rings. The van der Waals surface area contributed by atoms with E-state index in [2.05, 4.69) is 14.1 Å². The number of esters is 1. The molecular formula is C20H26NO2+. The van der Waals surface area contributed by atoms with Crippen LogP contribution in [-0.2, 0) is 9.53 Å². The van der Waals surface area contributed by atoms with E-state index in [1.807, 2.05) is 67.6 Å². The SMILES string of the molecule is CC(CC[NH+](C)C)OC(=O)C(c1ccccc1)c1ccccc1. The highest BCUT2D eigenvalue weighted by Gasteiger charge is 2.25. The van der Waals surface area contributed by atoms with Gasteiger partial charge >= 0.3 is 5.97 Å². The normalized spacial score (nSPS) is 12.4. The van der Waals surface area contributed by atoms with Gasteiger partial charge in [-0.25, -0.2) is 0 Å². The van der Waals surface area contributed by atoms with Crippen molar-refractivity contribution in [2.45, 2.75) is 25.4 Å². The van der Waals surface area contributed by atoms with Gasteiger partial charge in [0, 0.05) is 6.42 Å². The summed E-state index contributed by atoms with van der Waals surface area (Å²) < 4.78 is 5.72. The molecule has 0 aromatic heterocycles. The summed E-state index contributed by atoms with van der Waals surface area (Å²) in [6.45, 7) is 2.95. The van der Waals surface area contributed by atoms with Crippen LogP contribution in [0, 0.1) is 0 Å². The zero-order valence-corrected chi connectivity index (χ0v) is 14.2. The molecule has 0 amide bonds. The van der Waals surface area contributed by atoms with E-state index in [4.69, 9.17) is 4.74 Å². The second-order valence-electron chi connectivity index (χ2n) is 6.25. The summed E-state index contributed by atoms with van der Waals surface area (Å²) >= 11 is 0. The molecule has 3 heteroatoms.